The van der Waals surface area contributed by atoms with E-state index in [1.807, 2.05) is 11.8 Å². The number of amidine groups is 1. The first-order valence-electron chi connectivity index (χ1n) is 12.3. The molecule has 1 saturated heterocycles. The molecule has 204 valence electrons. The highest BCUT2D eigenvalue weighted by molar-refractivity contribution is 9.10. The lowest BCUT2D eigenvalue weighted by atomic mass is 9.77. The maximum absolute atomic E-state index is 15.5. The van der Waals surface area contributed by atoms with Gasteiger partial charge in [-0.05, 0) is 56.9 Å². The van der Waals surface area contributed by atoms with Crippen molar-refractivity contribution in [2.45, 2.75) is 69.1 Å². The number of pyridine rings is 1. The highest BCUT2D eigenvalue weighted by Gasteiger charge is 2.51. The highest BCUT2D eigenvalue weighted by atomic mass is 79.9. The molecule has 3 aliphatic rings. The summed E-state index contributed by atoms with van der Waals surface area (Å²) in [7, 11) is 1.48. The summed E-state index contributed by atoms with van der Waals surface area (Å²) >= 11 is 3.34. The molecule has 0 radical (unpaired) electrons. The molecule has 1 N–H and O–H groups in total. The van der Waals surface area contributed by atoms with Gasteiger partial charge in [0.15, 0.2) is 5.67 Å². The molecular formula is C26H26BrF5N4O2. The molecular weight excluding hydrogens is 575 g/mol. The number of anilines is 1. The molecule has 2 atom stereocenters. The number of methoxy groups -OCH3 is 1. The van der Waals surface area contributed by atoms with Crippen LogP contribution < -0.4 is 10.2 Å². The molecule has 6 nitrogen and oxygen atoms in total. The molecule has 3 heterocycles. The number of aliphatic imine (C=N–C) groups is 1. The van der Waals surface area contributed by atoms with Crippen LogP contribution in [0.3, 0.4) is 0 Å². The highest BCUT2D eigenvalue weighted by Crippen LogP contribution is 2.47. The first kappa shape index (κ1) is 27.0. The number of alkyl halides is 4. The number of ether oxygens (including phenoxy) is 1. The summed E-state index contributed by atoms with van der Waals surface area (Å²) in [6.45, 7) is 2.33. The van der Waals surface area contributed by atoms with Crippen LogP contribution in [0.25, 0.3) is 0 Å². The molecule has 38 heavy (non-hydrogen) atoms. The van der Waals surface area contributed by atoms with E-state index in [1.54, 1.807) is 6.07 Å². The van der Waals surface area contributed by atoms with Crippen LogP contribution in [-0.4, -0.2) is 42.0 Å². The number of halogens is 6. The molecule has 2 aliphatic heterocycles. The maximum atomic E-state index is 15.5. The largest absolute Gasteiger partial charge is 0.433 e. The van der Waals surface area contributed by atoms with Crippen LogP contribution in [0.5, 0.6) is 0 Å². The number of piperidine rings is 1. The third kappa shape index (κ3) is 4.59. The molecule has 1 saturated carbocycles. The zero-order valence-electron chi connectivity index (χ0n) is 20.8. The summed E-state index contributed by atoms with van der Waals surface area (Å²) < 4.78 is 76.0. The predicted molar refractivity (Wildman–Crippen MR) is 134 cm³/mol. The smallest absolute Gasteiger partial charge is 0.380 e. The molecule has 1 aliphatic carbocycles. The standard InChI is InChI=1S/C26H26BrF5N4O2/c1-14-12-25(8-9-36(14)19-11-15(27)10-18(28)17(19)13-38-2)23(37)34-22(35-25)16-4-5-20(26(30,31)32)33-21(16)24(29)6-3-7-24/h4-5,10-11,14H,3,6-9,12-13H2,1-2H3,(H,34,35,37)/t14-,25+/m0/s1. The number of aromatic nitrogens is 1. The minimum absolute atomic E-state index is 0.0318. The predicted octanol–water partition coefficient (Wildman–Crippen LogP) is 5.80. The van der Waals surface area contributed by atoms with Gasteiger partial charge in [-0.3, -0.25) is 9.79 Å². The van der Waals surface area contributed by atoms with Crippen molar-refractivity contribution >= 4 is 33.4 Å². The van der Waals surface area contributed by atoms with Crippen molar-refractivity contribution in [2.75, 3.05) is 18.6 Å². The lowest BCUT2D eigenvalue weighted by molar-refractivity contribution is -0.141. The van der Waals surface area contributed by atoms with Gasteiger partial charge in [-0.2, -0.15) is 13.2 Å². The molecule has 1 aromatic heterocycles. The molecule has 0 unspecified atom stereocenters. The Morgan fingerprint density at radius 1 is 1.24 bits per heavy atom. The summed E-state index contributed by atoms with van der Waals surface area (Å²) in [6, 6.07) is 4.85. The maximum Gasteiger partial charge on any atom is 0.433 e. The van der Waals surface area contributed by atoms with Crippen LogP contribution >= 0.6 is 15.9 Å². The zero-order valence-corrected chi connectivity index (χ0v) is 22.3. The molecule has 1 amide bonds. The number of carbonyl (C=O) groups is 1. The van der Waals surface area contributed by atoms with E-state index in [9.17, 15) is 22.4 Å². The van der Waals surface area contributed by atoms with Crippen molar-refractivity contribution in [3.8, 4) is 0 Å². The minimum Gasteiger partial charge on any atom is -0.380 e. The quantitative estimate of drug-likeness (QED) is 0.440. The van der Waals surface area contributed by atoms with Crippen LogP contribution in [0.1, 0.15) is 61.5 Å². The van der Waals surface area contributed by atoms with E-state index in [1.165, 1.54) is 13.2 Å². The first-order valence-corrected chi connectivity index (χ1v) is 13.1. The van der Waals surface area contributed by atoms with Gasteiger partial charge < -0.3 is 15.0 Å². The van der Waals surface area contributed by atoms with E-state index in [-0.39, 0.29) is 55.4 Å². The average Bonchev–Trinajstić information content (AvgIpc) is 3.13. The Balaban J connectivity index is 1.48. The third-order valence-electron chi connectivity index (χ3n) is 7.66. The second-order valence-corrected chi connectivity index (χ2v) is 11.1. The van der Waals surface area contributed by atoms with Crippen LogP contribution in [0, 0.1) is 5.82 Å². The number of nitrogens with zero attached hydrogens (tertiary/aromatic N) is 3. The molecule has 1 spiro atoms. The number of hydrogen-bond donors (Lipinski definition) is 1. The van der Waals surface area contributed by atoms with Crippen LogP contribution in [-0.2, 0) is 28.0 Å². The second-order valence-electron chi connectivity index (χ2n) is 10.2. The van der Waals surface area contributed by atoms with E-state index in [0.29, 0.717) is 28.7 Å². The number of carbonyl (C=O) groups excluding carboxylic acids is 1. The molecule has 2 fully saturated rings. The van der Waals surface area contributed by atoms with Crippen molar-refractivity contribution in [2.24, 2.45) is 4.99 Å². The molecule has 5 rings (SSSR count). The normalized spacial score (nSPS) is 24.8. The summed E-state index contributed by atoms with van der Waals surface area (Å²) in [4.78, 5) is 23.6. The summed E-state index contributed by atoms with van der Waals surface area (Å²) in [5.41, 5.74) is -3.60. The molecule has 1 aromatic carbocycles. The van der Waals surface area contributed by atoms with Crippen LogP contribution in [0.2, 0.25) is 0 Å². The molecule has 12 heteroatoms. The van der Waals surface area contributed by atoms with Gasteiger partial charge in [0.1, 0.15) is 22.9 Å². The van der Waals surface area contributed by atoms with Gasteiger partial charge in [0.2, 0.25) is 0 Å². The number of hydrogen-bond acceptors (Lipinski definition) is 5. The van der Waals surface area contributed by atoms with E-state index in [2.05, 4.69) is 31.2 Å². The van der Waals surface area contributed by atoms with Crippen LogP contribution in [0.4, 0.5) is 27.6 Å². The van der Waals surface area contributed by atoms with E-state index in [0.717, 1.165) is 12.1 Å². The Labute approximate surface area is 224 Å². The van der Waals surface area contributed by atoms with Gasteiger partial charge in [-0.1, -0.05) is 15.9 Å². The molecule has 0 bridgehead atoms. The topological polar surface area (TPSA) is 66.8 Å². The second kappa shape index (κ2) is 9.55. The van der Waals surface area contributed by atoms with Crippen LogP contribution in [0.15, 0.2) is 33.7 Å². The lowest BCUT2D eigenvalue weighted by Gasteiger charge is -2.42. The average molecular weight is 601 g/mol. The van der Waals surface area contributed by atoms with E-state index >= 15 is 4.39 Å². The van der Waals surface area contributed by atoms with Gasteiger partial charge in [0, 0.05) is 47.4 Å². The fourth-order valence-corrected chi connectivity index (χ4v) is 5.96. The van der Waals surface area contributed by atoms with E-state index in [4.69, 9.17) is 4.74 Å². The Morgan fingerprint density at radius 2 is 1.97 bits per heavy atom. The van der Waals surface area contributed by atoms with Gasteiger partial charge in [-0.25, -0.2) is 13.8 Å². The minimum atomic E-state index is -4.73. The first-order chi connectivity index (χ1) is 17.9. The van der Waals surface area contributed by atoms with Gasteiger partial charge in [-0.15, -0.1) is 0 Å². The number of amides is 1. The van der Waals surface area contributed by atoms with Gasteiger partial charge in [0.25, 0.3) is 5.91 Å². The van der Waals surface area contributed by atoms with Crippen molar-refractivity contribution in [1.82, 2.24) is 10.3 Å². The number of nitrogens with one attached hydrogen (secondary N) is 1. The Kier molecular flexibility index (Phi) is 6.78. The number of benzene rings is 1. The van der Waals surface area contributed by atoms with Gasteiger partial charge >= 0.3 is 6.18 Å². The monoisotopic (exact) mass is 600 g/mol. The fraction of sp³-hybridized carbons (Fsp3) is 0.500. The Hall–Kier alpha value is -2.60. The van der Waals surface area contributed by atoms with Crippen molar-refractivity contribution in [3.05, 3.63) is 57.1 Å². The Morgan fingerprint density at radius 3 is 2.58 bits per heavy atom. The van der Waals surface area contributed by atoms with Gasteiger partial charge in [0.05, 0.1) is 12.3 Å². The van der Waals surface area contributed by atoms with E-state index < -0.39 is 34.8 Å². The lowest BCUT2D eigenvalue weighted by Crippen LogP contribution is -2.53. The van der Waals surface area contributed by atoms with Crippen molar-refractivity contribution in [1.29, 1.82) is 0 Å². The summed E-state index contributed by atoms with van der Waals surface area (Å²) in [5.74, 6) is -0.783. The SMILES string of the molecule is COCc1c(F)cc(Br)cc1N1CC[C@]2(C[C@@H]1C)N=C(c1ccc(C(F)(F)F)nc1C1(F)CCC1)NC2=O. The van der Waals surface area contributed by atoms with Crippen molar-refractivity contribution < 1.29 is 31.5 Å². The summed E-state index contributed by atoms with van der Waals surface area (Å²) in [5, 5.41) is 2.69. The van der Waals surface area contributed by atoms with Crippen molar-refractivity contribution in [3.63, 3.8) is 0 Å². The zero-order chi connectivity index (χ0) is 27.5. The number of rotatable bonds is 5. The third-order valence-corrected chi connectivity index (χ3v) is 8.12. The summed E-state index contributed by atoms with van der Waals surface area (Å²) in [6.07, 6.45) is -3.54. The fourth-order valence-electron chi connectivity index (χ4n) is 5.54. The molecule has 2 aromatic rings. The Bertz CT molecular complexity index is 1310.